The predicted octanol–water partition coefficient (Wildman–Crippen LogP) is 2.84. The van der Waals surface area contributed by atoms with E-state index in [-0.39, 0.29) is 5.41 Å². The average molecular weight is 148 g/mol. The van der Waals surface area contributed by atoms with Gasteiger partial charge in [0, 0.05) is 12.8 Å². The van der Waals surface area contributed by atoms with Crippen LogP contribution in [0.1, 0.15) is 39.5 Å². The highest BCUT2D eigenvalue weighted by atomic mass is 14.3. The predicted molar refractivity (Wildman–Crippen MR) is 49.9 cm³/mol. The Balaban J connectivity index is 4.25. The Kier molecular flexibility index (Phi) is 4.47. The molecule has 0 radical (unpaired) electrons. The van der Waals surface area contributed by atoms with Crippen molar-refractivity contribution in [1.82, 2.24) is 0 Å². The Hall–Kier alpha value is -0.880. The molecular weight excluding hydrogens is 132 g/mol. The Morgan fingerprint density at radius 3 is 1.55 bits per heavy atom. The fourth-order valence-corrected chi connectivity index (χ4v) is 1.25. The lowest BCUT2D eigenvalue weighted by molar-refractivity contribution is 0.278. The lowest BCUT2D eigenvalue weighted by atomic mass is 9.77. The van der Waals surface area contributed by atoms with Gasteiger partial charge in [-0.2, -0.15) is 0 Å². The summed E-state index contributed by atoms with van der Waals surface area (Å²) in [5.74, 6) is 5.40. The highest BCUT2D eigenvalue weighted by molar-refractivity contribution is 5.00. The van der Waals surface area contributed by atoms with Crippen molar-refractivity contribution in [3.63, 3.8) is 0 Å². The minimum Gasteiger partial charge on any atom is -0.120 e. The van der Waals surface area contributed by atoms with E-state index in [0.717, 1.165) is 25.7 Å². The first-order chi connectivity index (χ1) is 5.24. The molecule has 0 aliphatic heterocycles. The Bertz CT molecular complexity index is 153. The Morgan fingerprint density at radius 1 is 1.00 bits per heavy atom. The molecule has 0 saturated heterocycles. The quantitative estimate of drug-likeness (QED) is 0.538. The topological polar surface area (TPSA) is 0 Å². The van der Waals surface area contributed by atoms with E-state index in [4.69, 9.17) is 12.8 Å². The lowest BCUT2D eigenvalue weighted by Crippen LogP contribution is -2.17. The van der Waals surface area contributed by atoms with E-state index >= 15 is 0 Å². The van der Waals surface area contributed by atoms with Gasteiger partial charge in [0.15, 0.2) is 0 Å². The number of terminal acetylenes is 2. The smallest absolute Gasteiger partial charge is 0.0152 e. The molecule has 0 aliphatic carbocycles. The summed E-state index contributed by atoms with van der Waals surface area (Å²) in [6.45, 7) is 4.30. The highest BCUT2D eigenvalue weighted by Gasteiger charge is 2.23. The van der Waals surface area contributed by atoms with Crippen molar-refractivity contribution in [3.05, 3.63) is 0 Å². The van der Waals surface area contributed by atoms with Crippen molar-refractivity contribution < 1.29 is 0 Å². The second-order valence-electron chi connectivity index (χ2n) is 2.97. The summed E-state index contributed by atoms with van der Waals surface area (Å²) in [4.78, 5) is 0. The molecule has 0 unspecified atom stereocenters. The highest BCUT2D eigenvalue weighted by Crippen LogP contribution is 2.33. The van der Waals surface area contributed by atoms with Crippen LogP contribution < -0.4 is 0 Å². The molecule has 0 aromatic rings. The van der Waals surface area contributed by atoms with E-state index in [2.05, 4.69) is 25.7 Å². The van der Waals surface area contributed by atoms with Crippen molar-refractivity contribution in [2.45, 2.75) is 39.5 Å². The van der Waals surface area contributed by atoms with Gasteiger partial charge >= 0.3 is 0 Å². The molecule has 0 atom stereocenters. The number of hydrogen-bond acceptors (Lipinski definition) is 0. The number of hydrogen-bond donors (Lipinski definition) is 0. The van der Waals surface area contributed by atoms with Crippen molar-refractivity contribution in [2.75, 3.05) is 0 Å². The second kappa shape index (κ2) is 4.86. The lowest BCUT2D eigenvalue weighted by Gasteiger charge is -2.26. The summed E-state index contributed by atoms with van der Waals surface area (Å²) < 4.78 is 0. The van der Waals surface area contributed by atoms with Gasteiger partial charge in [-0.1, -0.05) is 13.8 Å². The molecule has 60 valence electrons. The monoisotopic (exact) mass is 148 g/mol. The molecule has 0 heterocycles. The zero-order chi connectivity index (χ0) is 8.74. The average Bonchev–Trinajstić information content (AvgIpc) is 2.04. The van der Waals surface area contributed by atoms with E-state index in [0.29, 0.717) is 0 Å². The largest absolute Gasteiger partial charge is 0.120 e. The van der Waals surface area contributed by atoms with Crippen LogP contribution in [-0.4, -0.2) is 0 Å². The summed E-state index contributed by atoms with van der Waals surface area (Å²) in [5.41, 5.74) is 0.212. The first-order valence-corrected chi connectivity index (χ1v) is 4.11. The number of rotatable bonds is 4. The van der Waals surface area contributed by atoms with Gasteiger partial charge in [-0.25, -0.2) is 0 Å². The second-order valence-corrected chi connectivity index (χ2v) is 2.97. The van der Waals surface area contributed by atoms with E-state index in [1.165, 1.54) is 0 Å². The first-order valence-electron chi connectivity index (χ1n) is 4.11. The summed E-state index contributed by atoms with van der Waals surface area (Å²) >= 11 is 0. The molecule has 0 heteroatoms. The maximum atomic E-state index is 5.28. The third kappa shape index (κ3) is 2.69. The molecule has 0 saturated carbocycles. The third-order valence-electron chi connectivity index (χ3n) is 2.45. The fourth-order valence-electron chi connectivity index (χ4n) is 1.25. The fraction of sp³-hybridized carbons (Fsp3) is 0.636. The van der Waals surface area contributed by atoms with Crippen molar-refractivity contribution in [2.24, 2.45) is 5.41 Å². The van der Waals surface area contributed by atoms with Gasteiger partial charge in [0.1, 0.15) is 0 Å². The first kappa shape index (κ1) is 10.1. The molecule has 0 fully saturated rings. The normalized spacial score (nSPS) is 10.2. The molecule has 0 N–H and O–H groups in total. The molecular formula is C11H16. The van der Waals surface area contributed by atoms with Gasteiger partial charge in [0.25, 0.3) is 0 Å². The molecule has 0 spiro atoms. The summed E-state index contributed by atoms with van der Waals surface area (Å²) in [6.07, 6.45) is 14.3. The van der Waals surface area contributed by atoms with E-state index in [1.807, 2.05) is 0 Å². The van der Waals surface area contributed by atoms with Crippen LogP contribution in [0, 0.1) is 30.1 Å². The molecule has 0 rings (SSSR count). The van der Waals surface area contributed by atoms with Crippen molar-refractivity contribution in [3.8, 4) is 24.7 Å². The van der Waals surface area contributed by atoms with Gasteiger partial charge < -0.3 is 0 Å². The van der Waals surface area contributed by atoms with Crippen LogP contribution in [-0.2, 0) is 0 Å². The van der Waals surface area contributed by atoms with Gasteiger partial charge in [-0.3, -0.25) is 0 Å². The molecule has 0 amide bonds. The zero-order valence-corrected chi connectivity index (χ0v) is 7.48. The van der Waals surface area contributed by atoms with E-state index < -0.39 is 0 Å². The third-order valence-corrected chi connectivity index (χ3v) is 2.45. The van der Waals surface area contributed by atoms with Crippen molar-refractivity contribution in [1.29, 1.82) is 0 Å². The van der Waals surface area contributed by atoms with Crippen molar-refractivity contribution >= 4 is 0 Å². The molecule has 0 aliphatic rings. The van der Waals surface area contributed by atoms with Gasteiger partial charge in [-0.15, -0.1) is 24.7 Å². The van der Waals surface area contributed by atoms with E-state index in [1.54, 1.807) is 0 Å². The maximum absolute atomic E-state index is 5.28. The Morgan fingerprint density at radius 2 is 1.36 bits per heavy atom. The van der Waals surface area contributed by atoms with Crippen LogP contribution in [0.5, 0.6) is 0 Å². The minimum absolute atomic E-state index is 0.212. The minimum atomic E-state index is 0.212. The van der Waals surface area contributed by atoms with Crippen LogP contribution in [0.15, 0.2) is 0 Å². The summed E-state index contributed by atoms with van der Waals surface area (Å²) in [6, 6.07) is 0. The SMILES string of the molecule is C#CCC(CC)(CC)CC#C. The molecule has 0 aromatic carbocycles. The molecule has 0 nitrogen and oxygen atoms in total. The standard InChI is InChI=1S/C11H16/c1-5-9-11(7-3,8-4)10-6-2/h1-2H,7-10H2,3-4H3. The van der Waals surface area contributed by atoms with Gasteiger partial charge in [0.2, 0.25) is 0 Å². The zero-order valence-electron chi connectivity index (χ0n) is 7.48. The van der Waals surface area contributed by atoms with Crippen LogP contribution in [0.25, 0.3) is 0 Å². The maximum Gasteiger partial charge on any atom is 0.0152 e. The van der Waals surface area contributed by atoms with Crippen LogP contribution >= 0.6 is 0 Å². The Labute approximate surface area is 70.4 Å². The molecule has 0 bridgehead atoms. The van der Waals surface area contributed by atoms with Gasteiger partial charge in [0.05, 0.1) is 0 Å². The van der Waals surface area contributed by atoms with Crippen LogP contribution in [0.4, 0.5) is 0 Å². The molecule has 0 aromatic heterocycles. The molecule has 11 heavy (non-hydrogen) atoms. The van der Waals surface area contributed by atoms with Crippen LogP contribution in [0.3, 0.4) is 0 Å². The van der Waals surface area contributed by atoms with Crippen LogP contribution in [0.2, 0.25) is 0 Å². The summed E-state index contributed by atoms with van der Waals surface area (Å²) in [7, 11) is 0. The van der Waals surface area contributed by atoms with E-state index in [9.17, 15) is 0 Å². The van der Waals surface area contributed by atoms with Gasteiger partial charge in [-0.05, 0) is 18.3 Å². The summed E-state index contributed by atoms with van der Waals surface area (Å²) in [5, 5.41) is 0.